The van der Waals surface area contributed by atoms with E-state index in [1.807, 2.05) is 0 Å². The predicted octanol–water partition coefficient (Wildman–Crippen LogP) is -0.404. The Morgan fingerprint density at radius 3 is 2.78 bits per heavy atom. The van der Waals surface area contributed by atoms with Crippen molar-refractivity contribution >= 4 is 11.9 Å². The monoisotopic (exact) mass is 131 g/mol. The maximum Gasteiger partial charge on any atom is 0.326 e. The van der Waals surface area contributed by atoms with Gasteiger partial charge in [-0.1, -0.05) is 0 Å². The molecule has 1 amide bonds. The van der Waals surface area contributed by atoms with Crippen molar-refractivity contribution in [2.45, 2.75) is 18.9 Å². The number of carboxylic acid groups (broad SMARTS) is 1. The summed E-state index contributed by atoms with van der Waals surface area (Å²) in [5.41, 5.74) is 0. The van der Waals surface area contributed by atoms with E-state index < -0.39 is 12.0 Å². The highest BCUT2D eigenvalue weighted by molar-refractivity contribution is 5.87. The van der Waals surface area contributed by atoms with Gasteiger partial charge in [0.25, 0.3) is 0 Å². The lowest BCUT2D eigenvalue weighted by atomic mass is 10.2. The van der Waals surface area contributed by atoms with E-state index in [4.69, 9.17) is 5.11 Å². The number of nitrogens with one attached hydrogen (secondary N) is 1. The Hall–Kier alpha value is -1.06. The second-order valence-corrected chi connectivity index (χ2v) is 2.00. The lowest BCUT2D eigenvalue weighted by Gasteiger charge is -1.99. The lowest BCUT2D eigenvalue weighted by molar-refractivity contribution is -0.140. The van der Waals surface area contributed by atoms with Crippen molar-refractivity contribution in [2.24, 2.45) is 0 Å². The first-order chi connectivity index (χ1) is 4.20. The second-order valence-electron chi connectivity index (χ2n) is 2.00. The summed E-state index contributed by atoms with van der Waals surface area (Å²) in [4.78, 5) is 20.5. The van der Waals surface area contributed by atoms with Crippen LogP contribution >= 0.6 is 0 Å². The normalized spacial score (nSPS) is 25.8. The summed E-state index contributed by atoms with van der Waals surface area (Å²) >= 11 is 0. The van der Waals surface area contributed by atoms with Crippen LogP contribution in [-0.4, -0.2) is 23.0 Å². The van der Waals surface area contributed by atoms with Gasteiger partial charge >= 0.3 is 5.97 Å². The molecule has 0 aromatic rings. The highest BCUT2D eigenvalue weighted by Gasteiger charge is 2.26. The van der Waals surface area contributed by atoms with Gasteiger partial charge in [0, 0.05) is 7.85 Å². The van der Waals surface area contributed by atoms with Gasteiger partial charge in [-0.15, -0.1) is 0 Å². The molecule has 0 radical (unpaired) electrons. The molecule has 0 saturated carbocycles. The third kappa shape index (κ3) is 1.19. The highest BCUT2D eigenvalue weighted by atomic mass is 16.4. The van der Waals surface area contributed by atoms with Crippen molar-refractivity contribution in [3.8, 4) is 0 Å². The van der Waals surface area contributed by atoms with Gasteiger partial charge in [0.2, 0.25) is 5.91 Å². The molecule has 4 nitrogen and oxygen atoms in total. The van der Waals surface area contributed by atoms with Crippen molar-refractivity contribution in [1.29, 1.82) is 0 Å². The number of carbonyl (C=O) groups is 2. The van der Waals surface area contributed by atoms with Gasteiger partial charge in [-0.2, -0.15) is 0 Å². The summed E-state index contributed by atoms with van der Waals surface area (Å²) in [5, 5.41) is 10.6. The van der Waals surface area contributed by atoms with Gasteiger partial charge in [-0.25, -0.2) is 4.79 Å². The molecule has 0 aromatic heterocycles. The molecule has 1 saturated heterocycles. The molecule has 0 unspecified atom stereocenters. The summed E-state index contributed by atoms with van der Waals surface area (Å²) < 4.78 is 0. The minimum atomic E-state index is -0.944. The van der Waals surface area contributed by atoms with E-state index in [2.05, 4.69) is 5.32 Å². The fourth-order valence-corrected chi connectivity index (χ4v) is 0.799. The third-order valence-electron chi connectivity index (χ3n) is 1.29. The largest absolute Gasteiger partial charge is 0.480 e. The fraction of sp³-hybridized carbons (Fsp3) is 0.600. The molecular weight excluding hydrogens is 122 g/mol. The number of carbonyl (C=O) groups excluding carboxylic acids is 1. The zero-order valence-corrected chi connectivity index (χ0v) is 4.76. The van der Waals surface area contributed by atoms with E-state index in [9.17, 15) is 9.59 Å². The summed E-state index contributed by atoms with van der Waals surface area (Å²) in [6.07, 6.45) is 0.769. The lowest BCUT2D eigenvalue weighted by Crippen LogP contribution is -2.32. The number of carboxylic acids is 1. The molecule has 0 aromatic carbocycles. The Labute approximate surface area is 53.3 Å². The average Bonchev–Trinajstić information content (AvgIpc) is 2.14. The molecular formula is C5H9NO3. The minimum Gasteiger partial charge on any atom is -0.480 e. The first-order valence-electron chi connectivity index (χ1n) is 2.72. The van der Waals surface area contributed by atoms with Crippen LogP contribution in [0.4, 0.5) is 0 Å². The SMILES string of the molecule is O=C1CC[C@@H](C(=O)O)N1.[HH]. The van der Waals surface area contributed by atoms with Crippen LogP contribution in [0.3, 0.4) is 0 Å². The Bertz CT molecular complexity index is 159. The summed E-state index contributed by atoms with van der Waals surface area (Å²) in [7, 11) is 0. The van der Waals surface area contributed by atoms with Crippen molar-refractivity contribution in [3.05, 3.63) is 0 Å². The van der Waals surface area contributed by atoms with Crippen LogP contribution in [0.2, 0.25) is 0 Å². The molecule has 1 rings (SSSR count). The maximum atomic E-state index is 10.4. The molecule has 1 fully saturated rings. The van der Waals surface area contributed by atoms with Gasteiger partial charge in [0.05, 0.1) is 0 Å². The topological polar surface area (TPSA) is 66.4 Å². The van der Waals surface area contributed by atoms with Crippen molar-refractivity contribution in [1.82, 2.24) is 5.32 Å². The second kappa shape index (κ2) is 2.05. The number of rotatable bonds is 1. The molecule has 2 N–H and O–H groups in total. The van der Waals surface area contributed by atoms with Crippen LogP contribution in [-0.2, 0) is 9.59 Å². The van der Waals surface area contributed by atoms with E-state index in [1.54, 1.807) is 0 Å². The van der Waals surface area contributed by atoms with Crippen LogP contribution in [0.1, 0.15) is 14.3 Å². The van der Waals surface area contributed by atoms with E-state index in [0.717, 1.165) is 0 Å². The van der Waals surface area contributed by atoms with Gasteiger partial charge in [0.15, 0.2) is 0 Å². The molecule has 0 bridgehead atoms. The molecule has 1 heterocycles. The van der Waals surface area contributed by atoms with Gasteiger partial charge in [-0.05, 0) is 6.42 Å². The van der Waals surface area contributed by atoms with Gasteiger partial charge < -0.3 is 10.4 Å². The molecule has 9 heavy (non-hydrogen) atoms. The Morgan fingerprint density at radius 1 is 1.89 bits per heavy atom. The highest BCUT2D eigenvalue weighted by Crippen LogP contribution is 2.05. The first-order valence-corrected chi connectivity index (χ1v) is 2.72. The standard InChI is InChI=1S/C5H7NO3.H2/c7-4-2-1-3(6-4)5(8)9;/h3H,1-2H2,(H,6,7)(H,8,9);1H/t3-;/m0./s1. The number of amides is 1. The molecule has 4 heteroatoms. The molecule has 0 spiro atoms. The van der Waals surface area contributed by atoms with E-state index in [0.29, 0.717) is 12.8 Å². The van der Waals surface area contributed by atoms with Gasteiger partial charge in [-0.3, -0.25) is 4.79 Å². The quantitative estimate of drug-likeness (QED) is 0.508. The van der Waals surface area contributed by atoms with Crippen LogP contribution in [0.5, 0.6) is 0 Å². The maximum absolute atomic E-state index is 10.4. The third-order valence-corrected chi connectivity index (χ3v) is 1.29. The smallest absolute Gasteiger partial charge is 0.326 e. The van der Waals surface area contributed by atoms with Crippen molar-refractivity contribution < 1.29 is 16.1 Å². The number of hydrogen-bond acceptors (Lipinski definition) is 2. The first kappa shape index (κ1) is 6.07. The van der Waals surface area contributed by atoms with Gasteiger partial charge in [0.1, 0.15) is 6.04 Å². The van der Waals surface area contributed by atoms with Crippen molar-refractivity contribution in [2.75, 3.05) is 0 Å². The molecule has 1 aliphatic heterocycles. The summed E-state index contributed by atoms with van der Waals surface area (Å²) in [6, 6.07) is -0.641. The van der Waals surface area contributed by atoms with Crippen LogP contribution in [0.15, 0.2) is 0 Å². The van der Waals surface area contributed by atoms with E-state index in [-0.39, 0.29) is 7.33 Å². The van der Waals surface area contributed by atoms with E-state index in [1.165, 1.54) is 0 Å². The predicted molar refractivity (Wildman–Crippen MR) is 30.9 cm³/mol. The molecule has 1 aliphatic rings. The van der Waals surface area contributed by atoms with E-state index >= 15 is 0 Å². The fourth-order valence-electron chi connectivity index (χ4n) is 0.799. The molecule has 1 atom stereocenters. The van der Waals surface area contributed by atoms with Crippen LogP contribution in [0.25, 0.3) is 0 Å². The average molecular weight is 131 g/mol. The Kier molecular flexibility index (Phi) is 1.38. The number of hydrogen-bond donors (Lipinski definition) is 2. The van der Waals surface area contributed by atoms with Crippen LogP contribution < -0.4 is 5.32 Å². The molecule has 52 valence electrons. The van der Waals surface area contributed by atoms with Crippen LogP contribution in [0, 0.1) is 0 Å². The zero-order valence-electron chi connectivity index (χ0n) is 4.76. The Morgan fingerprint density at radius 2 is 2.56 bits per heavy atom. The minimum absolute atomic E-state index is 0. The Balaban J connectivity index is 0.000000810. The summed E-state index contributed by atoms with van der Waals surface area (Å²) in [5.74, 6) is -1.11. The van der Waals surface area contributed by atoms with Crippen molar-refractivity contribution in [3.63, 3.8) is 0 Å². The summed E-state index contributed by atoms with van der Waals surface area (Å²) in [6.45, 7) is 0. The number of aliphatic carboxylic acids is 1. The zero-order chi connectivity index (χ0) is 6.85. The molecule has 0 aliphatic carbocycles.